The zero-order chi connectivity index (χ0) is 14.4. The van der Waals surface area contributed by atoms with Gasteiger partial charge in [-0.1, -0.05) is 48.5 Å². The van der Waals surface area contributed by atoms with E-state index in [-0.39, 0.29) is 11.8 Å². The van der Waals surface area contributed by atoms with Crippen LogP contribution in [0.1, 0.15) is 24.8 Å². The lowest BCUT2D eigenvalue weighted by Crippen LogP contribution is -2.29. The molecule has 0 N–H and O–H groups in total. The fraction of sp³-hybridized carbons (Fsp3) is 0.222. The van der Waals surface area contributed by atoms with Crippen LogP contribution < -0.4 is 5.01 Å². The van der Waals surface area contributed by atoms with E-state index in [1.54, 1.807) is 5.01 Å². The number of anilines is 1. The highest BCUT2D eigenvalue weighted by Crippen LogP contribution is 2.63. The van der Waals surface area contributed by atoms with Crippen LogP contribution in [0, 0.1) is 5.41 Å². The van der Waals surface area contributed by atoms with E-state index in [0.717, 1.165) is 17.8 Å². The van der Waals surface area contributed by atoms with Crippen LogP contribution in [0.2, 0.25) is 0 Å². The van der Waals surface area contributed by atoms with E-state index < -0.39 is 5.41 Å². The van der Waals surface area contributed by atoms with E-state index >= 15 is 0 Å². The first-order valence-corrected chi connectivity index (χ1v) is 7.24. The molecule has 1 aliphatic carbocycles. The van der Waals surface area contributed by atoms with E-state index in [9.17, 15) is 4.79 Å². The van der Waals surface area contributed by atoms with E-state index in [1.165, 1.54) is 5.56 Å². The summed E-state index contributed by atoms with van der Waals surface area (Å²) >= 11 is 0. The molecular weight excluding hydrogens is 260 g/mol. The Hall–Kier alpha value is -2.42. The Morgan fingerprint density at radius 1 is 1.05 bits per heavy atom. The third kappa shape index (κ3) is 1.67. The monoisotopic (exact) mass is 276 g/mol. The number of hydrogen-bond acceptors (Lipinski definition) is 2. The number of nitrogens with zero attached hydrogens (tertiary/aromatic N) is 2. The van der Waals surface area contributed by atoms with Crippen LogP contribution in [-0.4, -0.2) is 11.6 Å². The third-order valence-electron chi connectivity index (χ3n) is 4.63. The predicted molar refractivity (Wildman–Crippen MR) is 83.3 cm³/mol. The molecule has 0 aromatic heterocycles. The van der Waals surface area contributed by atoms with Crippen LogP contribution in [0.4, 0.5) is 5.69 Å². The Morgan fingerprint density at radius 3 is 2.33 bits per heavy atom. The standard InChI is InChI=1S/C18H16N2O/c1-13-18(12-16(18)14-8-4-2-5-9-14)17(21)20(19-13)15-10-6-3-7-11-15/h2-11,16H,12H2,1H3/t16-,18+/m0/s1. The Morgan fingerprint density at radius 2 is 1.67 bits per heavy atom. The summed E-state index contributed by atoms with van der Waals surface area (Å²) in [4.78, 5) is 12.9. The van der Waals surface area contributed by atoms with Gasteiger partial charge in [0.2, 0.25) is 0 Å². The van der Waals surface area contributed by atoms with E-state index in [0.29, 0.717) is 0 Å². The lowest BCUT2D eigenvalue weighted by molar-refractivity contribution is -0.120. The van der Waals surface area contributed by atoms with Crippen molar-refractivity contribution in [3.05, 3.63) is 66.2 Å². The van der Waals surface area contributed by atoms with Crippen LogP contribution in [0.25, 0.3) is 0 Å². The van der Waals surface area contributed by atoms with Crippen molar-refractivity contribution in [2.75, 3.05) is 5.01 Å². The maximum absolute atomic E-state index is 12.9. The molecule has 0 unspecified atom stereocenters. The third-order valence-corrected chi connectivity index (χ3v) is 4.63. The second-order valence-electron chi connectivity index (χ2n) is 5.78. The Bertz CT molecular complexity index is 723. The Kier molecular flexibility index (Phi) is 2.52. The van der Waals surface area contributed by atoms with Gasteiger partial charge in [0.25, 0.3) is 5.91 Å². The largest absolute Gasteiger partial charge is 0.271 e. The minimum Gasteiger partial charge on any atom is -0.271 e. The number of carbonyl (C=O) groups is 1. The average molecular weight is 276 g/mol. The van der Waals surface area contributed by atoms with Crippen molar-refractivity contribution in [2.24, 2.45) is 10.5 Å². The number of carbonyl (C=O) groups excluding carboxylic acids is 1. The van der Waals surface area contributed by atoms with Gasteiger partial charge in [0, 0.05) is 5.92 Å². The van der Waals surface area contributed by atoms with Crippen molar-refractivity contribution in [2.45, 2.75) is 19.3 Å². The van der Waals surface area contributed by atoms with Crippen molar-refractivity contribution < 1.29 is 4.79 Å². The first-order chi connectivity index (χ1) is 10.2. The quantitative estimate of drug-likeness (QED) is 0.825. The maximum atomic E-state index is 12.9. The molecule has 2 aromatic carbocycles. The maximum Gasteiger partial charge on any atom is 0.260 e. The number of para-hydroxylation sites is 1. The second kappa shape index (κ2) is 4.29. The molecule has 3 heteroatoms. The van der Waals surface area contributed by atoms with Gasteiger partial charge in [-0.3, -0.25) is 4.79 Å². The molecular formula is C18H16N2O. The highest BCUT2D eigenvalue weighted by Gasteiger charge is 2.66. The first kappa shape index (κ1) is 12.3. The lowest BCUT2D eigenvalue weighted by atomic mass is 9.94. The van der Waals surface area contributed by atoms with Crippen LogP contribution in [0.15, 0.2) is 65.8 Å². The number of hydrazone groups is 1. The summed E-state index contributed by atoms with van der Waals surface area (Å²) in [5, 5.41) is 6.10. The minimum atomic E-state index is -0.406. The van der Waals surface area contributed by atoms with Crippen LogP contribution >= 0.6 is 0 Å². The number of benzene rings is 2. The molecule has 0 bridgehead atoms. The molecule has 21 heavy (non-hydrogen) atoms. The number of hydrogen-bond donors (Lipinski definition) is 0. The molecule has 1 saturated carbocycles. The second-order valence-corrected chi connectivity index (χ2v) is 5.78. The van der Waals surface area contributed by atoms with E-state index in [2.05, 4.69) is 17.2 Å². The average Bonchev–Trinajstić information content (AvgIpc) is 3.25. The molecule has 0 saturated heterocycles. The Balaban J connectivity index is 1.68. The fourth-order valence-electron chi connectivity index (χ4n) is 3.36. The number of amides is 1. The molecule has 3 nitrogen and oxygen atoms in total. The molecule has 1 aliphatic heterocycles. The normalized spacial score (nSPS) is 27.1. The minimum absolute atomic E-state index is 0.111. The topological polar surface area (TPSA) is 32.7 Å². The van der Waals surface area contributed by atoms with Gasteiger partial charge in [-0.2, -0.15) is 10.1 Å². The summed E-state index contributed by atoms with van der Waals surface area (Å²) in [5.74, 6) is 0.378. The van der Waals surface area contributed by atoms with Gasteiger partial charge in [0.1, 0.15) is 0 Å². The van der Waals surface area contributed by atoms with Crippen molar-refractivity contribution >= 4 is 17.3 Å². The Labute approximate surface area is 123 Å². The molecule has 4 rings (SSSR count). The summed E-state index contributed by atoms with van der Waals surface area (Å²) in [6.45, 7) is 1.98. The molecule has 1 amide bonds. The highest BCUT2D eigenvalue weighted by molar-refractivity contribution is 6.21. The summed E-state index contributed by atoms with van der Waals surface area (Å²) in [7, 11) is 0. The summed E-state index contributed by atoms with van der Waals surface area (Å²) < 4.78 is 0. The van der Waals surface area contributed by atoms with Crippen molar-refractivity contribution in [1.82, 2.24) is 0 Å². The van der Waals surface area contributed by atoms with Gasteiger partial charge < -0.3 is 0 Å². The van der Waals surface area contributed by atoms with Crippen LogP contribution in [-0.2, 0) is 4.79 Å². The van der Waals surface area contributed by atoms with Gasteiger partial charge in [0.15, 0.2) is 0 Å². The zero-order valence-electron chi connectivity index (χ0n) is 11.9. The SMILES string of the molecule is CC1=NN(c2ccccc2)C(=O)[C@]12C[C@H]2c1ccccc1. The van der Waals surface area contributed by atoms with Gasteiger partial charge in [-0.15, -0.1) is 0 Å². The van der Waals surface area contributed by atoms with E-state index in [4.69, 9.17) is 0 Å². The van der Waals surface area contributed by atoms with Crippen LogP contribution in [0.3, 0.4) is 0 Å². The predicted octanol–water partition coefficient (Wildman–Crippen LogP) is 3.58. The van der Waals surface area contributed by atoms with Gasteiger partial charge in [0.05, 0.1) is 16.8 Å². The molecule has 1 heterocycles. The molecule has 0 radical (unpaired) electrons. The lowest BCUT2D eigenvalue weighted by Gasteiger charge is -2.14. The molecule has 1 fully saturated rings. The van der Waals surface area contributed by atoms with Crippen molar-refractivity contribution in [1.29, 1.82) is 0 Å². The van der Waals surface area contributed by atoms with Crippen molar-refractivity contribution in [3.8, 4) is 0 Å². The molecule has 2 atom stereocenters. The van der Waals surface area contributed by atoms with Gasteiger partial charge in [-0.05, 0) is 31.0 Å². The fourth-order valence-corrected chi connectivity index (χ4v) is 3.36. The highest BCUT2D eigenvalue weighted by atomic mass is 16.2. The number of rotatable bonds is 2. The summed E-state index contributed by atoms with van der Waals surface area (Å²) in [5.41, 5.74) is 2.61. The molecule has 2 aliphatic rings. The molecule has 104 valence electrons. The zero-order valence-corrected chi connectivity index (χ0v) is 11.9. The van der Waals surface area contributed by atoms with Gasteiger partial charge in [-0.25, -0.2) is 0 Å². The summed E-state index contributed by atoms with van der Waals surface area (Å²) in [6.07, 6.45) is 0.870. The van der Waals surface area contributed by atoms with E-state index in [1.807, 2.05) is 55.5 Å². The summed E-state index contributed by atoms with van der Waals surface area (Å²) in [6, 6.07) is 19.9. The van der Waals surface area contributed by atoms with Crippen molar-refractivity contribution in [3.63, 3.8) is 0 Å². The molecule has 1 spiro atoms. The smallest absolute Gasteiger partial charge is 0.260 e. The van der Waals surface area contributed by atoms with Crippen LogP contribution in [0.5, 0.6) is 0 Å². The first-order valence-electron chi connectivity index (χ1n) is 7.24. The molecule has 2 aromatic rings. The van der Waals surface area contributed by atoms with Gasteiger partial charge >= 0.3 is 0 Å².